The Bertz CT molecular complexity index is 443. The molecule has 0 unspecified atom stereocenters. The highest BCUT2D eigenvalue weighted by Gasteiger charge is 2.18. The maximum absolute atomic E-state index is 11.6. The van der Waals surface area contributed by atoms with Crippen LogP contribution in [-0.2, 0) is 0 Å². The zero-order valence-corrected chi connectivity index (χ0v) is 10.3. The Hall–Kier alpha value is -1.98. The number of aromatic nitrogens is 1. The second-order valence-electron chi connectivity index (χ2n) is 4.88. The van der Waals surface area contributed by atoms with E-state index < -0.39 is 12.0 Å². The monoisotopic (exact) mass is 239 g/mol. The SMILES string of the molecule is Cc1cc(NC(=O)NC(C)(C)C)c(C(=O)O)[nH]1. The van der Waals surface area contributed by atoms with Crippen molar-refractivity contribution in [3.63, 3.8) is 0 Å². The highest BCUT2D eigenvalue weighted by molar-refractivity contribution is 5.99. The van der Waals surface area contributed by atoms with Crippen molar-refractivity contribution in [2.24, 2.45) is 0 Å². The molecule has 0 aliphatic rings. The summed E-state index contributed by atoms with van der Waals surface area (Å²) in [5.74, 6) is -1.11. The molecule has 4 N–H and O–H groups in total. The van der Waals surface area contributed by atoms with Crippen LogP contribution in [0, 0.1) is 6.92 Å². The van der Waals surface area contributed by atoms with Crippen LogP contribution in [0.5, 0.6) is 0 Å². The fourth-order valence-electron chi connectivity index (χ4n) is 1.35. The van der Waals surface area contributed by atoms with E-state index in [1.807, 2.05) is 20.8 Å². The smallest absolute Gasteiger partial charge is 0.354 e. The Labute approximate surface area is 99.4 Å². The first-order chi connectivity index (χ1) is 7.69. The van der Waals surface area contributed by atoms with Crippen molar-refractivity contribution in [3.05, 3.63) is 17.5 Å². The molecule has 94 valence electrons. The number of carbonyl (C=O) groups is 2. The van der Waals surface area contributed by atoms with E-state index in [-0.39, 0.29) is 16.9 Å². The number of rotatable bonds is 2. The summed E-state index contributed by atoms with van der Waals surface area (Å²) in [5, 5.41) is 14.1. The van der Waals surface area contributed by atoms with E-state index in [1.54, 1.807) is 13.0 Å². The van der Waals surface area contributed by atoms with Crippen molar-refractivity contribution in [2.75, 3.05) is 5.32 Å². The van der Waals surface area contributed by atoms with Crippen molar-refractivity contribution in [3.8, 4) is 0 Å². The van der Waals surface area contributed by atoms with Gasteiger partial charge in [-0.1, -0.05) is 0 Å². The summed E-state index contributed by atoms with van der Waals surface area (Å²) in [6.07, 6.45) is 0. The lowest BCUT2D eigenvalue weighted by molar-refractivity contribution is 0.0692. The molecule has 6 heteroatoms. The average molecular weight is 239 g/mol. The van der Waals surface area contributed by atoms with Gasteiger partial charge >= 0.3 is 12.0 Å². The van der Waals surface area contributed by atoms with E-state index in [0.29, 0.717) is 5.69 Å². The molecule has 2 amide bonds. The van der Waals surface area contributed by atoms with Crippen LogP contribution in [0.2, 0.25) is 0 Å². The predicted molar refractivity (Wildman–Crippen MR) is 64.4 cm³/mol. The average Bonchev–Trinajstić information content (AvgIpc) is 2.42. The third-order valence-electron chi connectivity index (χ3n) is 1.90. The molecule has 0 aliphatic carbocycles. The number of aryl methyl sites for hydroxylation is 1. The maximum atomic E-state index is 11.6. The van der Waals surface area contributed by atoms with Gasteiger partial charge in [0.25, 0.3) is 0 Å². The number of urea groups is 1. The normalized spacial score (nSPS) is 11.1. The fraction of sp³-hybridized carbons (Fsp3) is 0.455. The lowest BCUT2D eigenvalue weighted by atomic mass is 10.1. The van der Waals surface area contributed by atoms with Crippen LogP contribution >= 0.6 is 0 Å². The van der Waals surface area contributed by atoms with Gasteiger partial charge in [0.05, 0.1) is 5.69 Å². The Morgan fingerprint density at radius 1 is 1.35 bits per heavy atom. The van der Waals surface area contributed by atoms with E-state index >= 15 is 0 Å². The van der Waals surface area contributed by atoms with Gasteiger partial charge in [-0.05, 0) is 33.8 Å². The third kappa shape index (κ3) is 3.82. The number of anilines is 1. The molecule has 1 heterocycles. The standard InChI is InChI=1S/C11H17N3O3/c1-6-5-7(8(12-6)9(15)16)13-10(17)14-11(2,3)4/h5,12H,1-4H3,(H,15,16)(H2,13,14,17). The molecular formula is C11H17N3O3. The molecule has 17 heavy (non-hydrogen) atoms. The Balaban J connectivity index is 2.81. The summed E-state index contributed by atoms with van der Waals surface area (Å²) in [5.41, 5.74) is 0.538. The predicted octanol–water partition coefficient (Wildman–Crippen LogP) is 1.94. The van der Waals surface area contributed by atoms with Gasteiger partial charge in [0.15, 0.2) is 0 Å². The molecule has 0 fully saturated rings. The summed E-state index contributed by atoms with van der Waals surface area (Å²) in [4.78, 5) is 25.2. The number of carboxylic acid groups (broad SMARTS) is 1. The van der Waals surface area contributed by atoms with Crippen LogP contribution in [0.1, 0.15) is 37.0 Å². The summed E-state index contributed by atoms with van der Waals surface area (Å²) in [6, 6.07) is 1.14. The summed E-state index contributed by atoms with van der Waals surface area (Å²) in [6.45, 7) is 7.24. The fourth-order valence-corrected chi connectivity index (χ4v) is 1.35. The zero-order chi connectivity index (χ0) is 13.2. The second kappa shape index (κ2) is 4.48. The minimum atomic E-state index is -1.11. The number of amides is 2. The highest BCUT2D eigenvalue weighted by atomic mass is 16.4. The van der Waals surface area contributed by atoms with Crippen molar-refractivity contribution >= 4 is 17.7 Å². The molecule has 0 bridgehead atoms. The lowest BCUT2D eigenvalue weighted by Gasteiger charge is -2.20. The molecule has 1 rings (SSSR count). The minimum absolute atomic E-state index is 0.0217. The van der Waals surface area contributed by atoms with Crippen molar-refractivity contribution in [1.29, 1.82) is 0 Å². The molecule has 0 radical (unpaired) electrons. The molecule has 6 nitrogen and oxygen atoms in total. The first-order valence-electron chi connectivity index (χ1n) is 5.21. The van der Waals surface area contributed by atoms with Crippen molar-refractivity contribution < 1.29 is 14.7 Å². The summed E-state index contributed by atoms with van der Waals surface area (Å²) in [7, 11) is 0. The molecule has 1 aromatic rings. The summed E-state index contributed by atoms with van der Waals surface area (Å²) >= 11 is 0. The maximum Gasteiger partial charge on any atom is 0.354 e. The topological polar surface area (TPSA) is 94.2 Å². The van der Waals surface area contributed by atoms with Gasteiger partial charge in [0.1, 0.15) is 5.69 Å². The Morgan fingerprint density at radius 3 is 2.41 bits per heavy atom. The van der Waals surface area contributed by atoms with Crippen LogP contribution < -0.4 is 10.6 Å². The number of hydrogen-bond acceptors (Lipinski definition) is 2. The Kier molecular flexibility index (Phi) is 3.45. The number of carbonyl (C=O) groups excluding carboxylic acids is 1. The number of H-pyrrole nitrogens is 1. The first-order valence-corrected chi connectivity index (χ1v) is 5.21. The van der Waals surface area contributed by atoms with Crippen LogP contribution in [0.4, 0.5) is 10.5 Å². The lowest BCUT2D eigenvalue weighted by Crippen LogP contribution is -2.43. The van der Waals surface area contributed by atoms with Crippen LogP contribution in [-0.4, -0.2) is 27.6 Å². The largest absolute Gasteiger partial charge is 0.477 e. The third-order valence-corrected chi connectivity index (χ3v) is 1.90. The number of aromatic amines is 1. The molecular weight excluding hydrogens is 222 g/mol. The molecule has 0 aromatic carbocycles. The number of aromatic carboxylic acids is 1. The van der Waals surface area contributed by atoms with E-state index in [9.17, 15) is 9.59 Å². The van der Waals surface area contributed by atoms with Gasteiger partial charge < -0.3 is 20.7 Å². The zero-order valence-electron chi connectivity index (χ0n) is 10.3. The van der Waals surface area contributed by atoms with E-state index in [0.717, 1.165) is 0 Å². The van der Waals surface area contributed by atoms with Crippen LogP contribution in [0.25, 0.3) is 0 Å². The number of nitrogens with one attached hydrogen (secondary N) is 3. The van der Waals surface area contributed by atoms with Crippen molar-refractivity contribution in [2.45, 2.75) is 33.2 Å². The van der Waals surface area contributed by atoms with E-state index in [2.05, 4.69) is 15.6 Å². The van der Waals surface area contributed by atoms with Crippen LogP contribution in [0.3, 0.4) is 0 Å². The minimum Gasteiger partial charge on any atom is -0.477 e. The van der Waals surface area contributed by atoms with E-state index in [4.69, 9.17) is 5.11 Å². The molecule has 0 atom stereocenters. The molecule has 0 saturated carbocycles. The number of hydrogen-bond donors (Lipinski definition) is 4. The molecule has 1 aromatic heterocycles. The quantitative estimate of drug-likeness (QED) is 0.635. The van der Waals surface area contributed by atoms with Gasteiger partial charge in [-0.25, -0.2) is 9.59 Å². The second-order valence-corrected chi connectivity index (χ2v) is 4.88. The van der Waals surface area contributed by atoms with Gasteiger partial charge in [-0.3, -0.25) is 0 Å². The Morgan fingerprint density at radius 2 is 1.94 bits per heavy atom. The highest BCUT2D eigenvalue weighted by Crippen LogP contribution is 2.16. The van der Waals surface area contributed by atoms with Gasteiger partial charge in [-0.2, -0.15) is 0 Å². The molecule has 0 saturated heterocycles. The van der Waals surface area contributed by atoms with Gasteiger partial charge in [0, 0.05) is 11.2 Å². The van der Waals surface area contributed by atoms with Crippen molar-refractivity contribution in [1.82, 2.24) is 10.3 Å². The van der Waals surface area contributed by atoms with Crippen LogP contribution in [0.15, 0.2) is 6.07 Å². The molecule has 0 spiro atoms. The molecule has 0 aliphatic heterocycles. The van der Waals surface area contributed by atoms with E-state index in [1.165, 1.54) is 0 Å². The summed E-state index contributed by atoms with van der Waals surface area (Å²) < 4.78 is 0. The first kappa shape index (κ1) is 13.1. The van der Waals surface area contributed by atoms with Gasteiger partial charge in [-0.15, -0.1) is 0 Å². The number of carboxylic acids is 1. The van der Waals surface area contributed by atoms with Gasteiger partial charge in [0.2, 0.25) is 0 Å².